The molecule has 0 N–H and O–H groups in total. The van der Waals surface area contributed by atoms with Crippen LogP contribution in [0.15, 0.2) is 0 Å². The second kappa shape index (κ2) is 40.0. The summed E-state index contributed by atoms with van der Waals surface area (Å²) in [5, 5.41) is 0. The minimum atomic E-state index is 1.32. The summed E-state index contributed by atoms with van der Waals surface area (Å²) in [6.45, 7) is 7.25. The van der Waals surface area contributed by atoms with Crippen molar-refractivity contribution in [3.8, 4) is 0 Å². The summed E-state index contributed by atoms with van der Waals surface area (Å²) in [7, 11) is 2.35. The Morgan fingerprint density at radius 3 is 0.512 bits per heavy atom. The molecule has 0 unspecified atom stereocenters. The van der Waals surface area contributed by atoms with E-state index in [1.54, 1.807) is 0 Å². The molecular formula is C42H87N. The van der Waals surface area contributed by atoms with E-state index in [0.29, 0.717) is 0 Å². The van der Waals surface area contributed by atoms with Crippen LogP contribution >= 0.6 is 0 Å². The van der Waals surface area contributed by atoms with E-state index in [0.717, 1.165) is 0 Å². The van der Waals surface area contributed by atoms with Crippen LogP contribution in [0.5, 0.6) is 0 Å². The third-order valence-electron chi connectivity index (χ3n) is 10.0. The normalized spacial score (nSPS) is 11.7. The van der Waals surface area contributed by atoms with Gasteiger partial charge in [0, 0.05) is 0 Å². The number of nitrogens with zero attached hydrogens (tertiary/aromatic N) is 1. The average Bonchev–Trinajstić information content (AvgIpc) is 3.01. The number of unbranched alkanes of at least 4 members (excludes halogenated alkanes) is 35. The minimum absolute atomic E-state index is 1.32. The molecule has 0 amide bonds. The molecule has 0 aromatic rings. The molecule has 0 aliphatic carbocycles. The van der Waals surface area contributed by atoms with Gasteiger partial charge < -0.3 is 4.90 Å². The highest BCUT2D eigenvalue weighted by molar-refractivity contribution is 4.56. The maximum atomic E-state index is 2.60. The summed E-state index contributed by atoms with van der Waals surface area (Å²) in [6.07, 6.45) is 54.3. The molecule has 1 heteroatoms. The summed E-state index contributed by atoms with van der Waals surface area (Å²) in [6, 6.07) is 0. The largest absolute Gasteiger partial charge is 0.306 e. The smallest absolute Gasteiger partial charge is 0.00218 e. The van der Waals surface area contributed by atoms with Gasteiger partial charge in [0.2, 0.25) is 0 Å². The molecule has 0 fully saturated rings. The van der Waals surface area contributed by atoms with Crippen LogP contribution in [0.4, 0.5) is 0 Å². The monoisotopic (exact) mass is 606 g/mol. The zero-order chi connectivity index (χ0) is 31.2. The van der Waals surface area contributed by atoms with Gasteiger partial charge in [0.1, 0.15) is 0 Å². The predicted molar refractivity (Wildman–Crippen MR) is 200 cm³/mol. The molecule has 0 aromatic heterocycles. The quantitative estimate of drug-likeness (QED) is 0.0630. The highest BCUT2D eigenvalue weighted by Gasteiger charge is 2.00. The molecule has 0 rings (SSSR count). The lowest BCUT2D eigenvalue weighted by Gasteiger charge is -2.16. The van der Waals surface area contributed by atoms with Crippen molar-refractivity contribution in [2.24, 2.45) is 0 Å². The molecule has 0 radical (unpaired) electrons. The third kappa shape index (κ3) is 39.9. The predicted octanol–water partition coefficient (Wildman–Crippen LogP) is 15.4. The van der Waals surface area contributed by atoms with Gasteiger partial charge in [-0.3, -0.25) is 0 Å². The summed E-state index contributed by atoms with van der Waals surface area (Å²) in [5.74, 6) is 0. The Kier molecular flexibility index (Phi) is 39.9. The van der Waals surface area contributed by atoms with E-state index in [-0.39, 0.29) is 0 Å². The van der Waals surface area contributed by atoms with Gasteiger partial charge in [0.05, 0.1) is 0 Å². The molecule has 0 aliphatic rings. The van der Waals surface area contributed by atoms with Crippen LogP contribution in [0, 0.1) is 0 Å². The fourth-order valence-electron chi connectivity index (χ4n) is 6.86. The van der Waals surface area contributed by atoms with Gasteiger partial charge in [-0.15, -0.1) is 0 Å². The first-order valence-electron chi connectivity index (χ1n) is 21.0. The van der Waals surface area contributed by atoms with Gasteiger partial charge in [0.25, 0.3) is 0 Å². The van der Waals surface area contributed by atoms with E-state index in [2.05, 4.69) is 25.8 Å². The van der Waals surface area contributed by atoms with Crippen molar-refractivity contribution in [3.05, 3.63) is 0 Å². The molecule has 0 saturated carbocycles. The van der Waals surface area contributed by atoms with E-state index in [9.17, 15) is 0 Å². The van der Waals surface area contributed by atoms with Crippen LogP contribution in [-0.4, -0.2) is 25.0 Å². The lowest BCUT2D eigenvalue weighted by atomic mass is 10.0. The summed E-state index contributed by atoms with van der Waals surface area (Å²) in [4.78, 5) is 2.60. The maximum Gasteiger partial charge on any atom is -0.00218 e. The summed E-state index contributed by atoms with van der Waals surface area (Å²) < 4.78 is 0. The fraction of sp³-hybridized carbons (Fsp3) is 1.00. The molecule has 1 nitrogen and oxygen atoms in total. The highest BCUT2D eigenvalue weighted by atomic mass is 15.1. The topological polar surface area (TPSA) is 3.24 Å². The van der Waals surface area contributed by atoms with E-state index in [4.69, 9.17) is 0 Å². The van der Waals surface area contributed by atoms with Crippen molar-refractivity contribution in [2.45, 2.75) is 251 Å². The van der Waals surface area contributed by atoms with Crippen LogP contribution in [0.2, 0.25) is 0 Å². The molecular weight excluding hydrogens is 518 g/mol. The van der Waals surface area contributed by atoms with Gasteiger partial charge >= 0.3 is 0 Å². The summed E-state index contributed by atoms with van der Waals surface area (Å²) in [5.41, 5.74) is 0. The van der Waals surface area contributed by atoms with E-state index in [1.807, 2.05) is 0 Å². The Morgan fingerprint density at radius 1 is 0.209 bits per heavy atom. The Hall–Kier alpha value is -0.0400. The molecule has 43 heavy (non-hydrogen) atoms. The first-order chi connectivity index (χ1) is 21.3. The van der Waals surface area contributed by atoms with Crippen molar-refractivity contribution in [3.63, 3.8) is 0 Å². The van der Waals surface area contributed by atoms with Crippen molar-refractivity contribution in [2.75, 3.05) is 20.1 Å². The van der Waals surface area contributed by atoms with Gasteiger partial charge in [0.15, 0.2) is 0 Å². The number of hydrogen-bond donors (Lipinski definition) is 0. The van der Waals surface area contributed by atoms with Crippen molar-refractivity contribution in [1.29, 1.82) is 0 Å². The third-order valence-corrected chi connectivity index (χ3v) is 10.0. The number of hydrogen-bond acceptors (Lipinski definition) is 1. The number of rotatable bonds is 39. The van der Waals surface area contributed by atoms with Crippen molar-refractivity contribution < 1.29 is 0 Å². The second-order valence-electron chi connectivity index (χ2n) is 14.7. The van der Waals surface area contributed by atoms with Crippen molar-refractivity contribution in [1.82, 2.24) is 4.90 Å². The lowest BCUT2D eigenvalue weighted by Crippen LogP contribution is -2.20. The molecule has 0 saturated heterocycles. The first kappa shape index (κ1) is 43.0. The Morgan fingerprint density at radius 2 is 0.349 bits per heavy atom. The van der Waals surface area contributed by atoms with Crippen LogP contribution < -0.4 is 0 Å². The van der Waals surface area contributed by atoms with E-state index in [1.165, 1.54) is 251 Å². The van der Waals surface area contributed by atoms with Crippen LogP contribution in [0.25, 0.3) is 0 Å². The van der Waals surface area contributed by atoms with Crippen molar-refractivity contribution >= 4 is 0 Å². The standard InChI is InChI=1S/C42H87N/c1-4-6-8-10-12-14-16-18-20-22-24-26-28-30-32-34-36-38-40-42-43(3)41-39-37-35-33-31-29-27-25-23-21-19-17-15-13-11-9-7-5-2/h4-42H2,1-3H3. The fourth-order valence-corrected chi connectivity index (χ4v) is 6.86. The zero-order valence-electron chi connectivity index (χ0n) is 31.0. The van der Waals surface area contributed by atoms with Crippen LogP contribution in [0.3, 0.4) is 0 Å². The second-order valence-corrected chi connectivity index (χ2v) is 14.7. The first-order valence-corrected chi connectivity index (χ1v) is 21.0. The molecule has 0 aliphatic heterocycles. The Balaban J connectivity index is 3.13. The Bertz CT molecular complexity index is 460. The molecule has 0 spiro atoms. The Labute approximate surface area is 275 Å². The molecule has 0 bridgehead atoms. The highest BCUT2D eigenvalue weighted by Crippen LogP contribution is 2.16. The van der Waals surface area contributed by atoms with Gasteiger partial charge in [-0.05, 0) is 33.0 Å². The molecule has 0 atom stereocenters. The lowest BCUT2D eigenvalue weighted by molar-refractivity contribution is 0.314. The van der Waals surface area contributed by atoms with Gasteiger partial charge in [-0.2, -0.15) is 0 Å². The molecule has 0 heterocycles. The minimum Gasteiger partial charge on any atom is -0.306 e. The van der Waals surface area contributed by atoms with Crippen LogP contribution in [-0.2, 0) is 0 Å². The van der Waals surface area contributed by atoms with Gasteiger partial charge in [-0.25, -0.2) is 0 Å². The van der Waals surface area contributed by atoms with Gasteiger partial charge in [-0.1, -0.05) is 239 Å². The average molecular weight is 606 g/mol. The van der Waals surface area contributed by atoms with Crippen LogP contribution in [0.1, 0.15) is 251 Å². The SMILES string of the molecule is CCCCCCCCCCCCCCCCCCCCCN(C)CCCCCCCCCCCCCCCCCCCC. The van der Waals surface area contributed by atoms with E-state index >= 15 is 0 Å². The zero-order valence-corrected chi connectivity index (χ0v) is 31.0. The molecule has 0 aromatic carbocycles. The maximum absolute atomic E-state index is 2.60. The summed E-state index contributed by atoms with van der Waals surface area (Å²) >= 11 is 0. The van der Waals surface area contributed by atoms with E-state index < -0.39 is 0 Å². The molecule has 260 valence electrons.